The summed E-state index contributed by atoms with van der Waals surface area (Å²) >= 11 is 13.5. The van der Waals surface area contributed by atoms with Crippen LogP contribution in [0.25, 0.3) is 10.1 Å². The third-order valence-electron chi connectivity index (χ3n) is 8.24. The monoisotopic (exact) mass is 678 g/mol. The Balaban J connectivity index is 1.28. The minimum Gasteiger partial charge on any atom is -0.339 e. The van der Waals surface area contributed by atoms with E-state index < -0.39 is 27.5 Å². The first-order chi connectivity index (χ1) is 20.6. The van der Waals surface area contributed by atoms with Crippen molar-refractivity contribution >= 4 is 72.4 Å². The maximum absolute atomic E-state index is 13.9. The average Bonchev–Trinajstić information content (AvgIpc) is 3.67. The lowest BCUT2D eigenvalue weighted by atomic mass is 9.85. The van der Waals surface area contributed by atoms with Crippen molar-refractivity contribution in [1.82, 2.24) is 19.8 Å². The number of nitrogens with one attached hydrogen (secondary N) is 2. The molecule has 3 amide bonds. The Bertz CT molecular complexity index is 1690. The second-order valence-corrected chi connectivity index (χ2v) is 16.5. The van der Waals surface area contributed by atoms with Gasteiger partial charge in [-0.15, -0.1) is 11.3 Å². The molecular weight excluding hydrogens is 643 g/mol. The molecular formula is C31H36Cl2N4O5S2. The zero-order valence-corrected chi connectivity index (χ0v) is 28.3. The molecule has 1 aromatic heterocycles. The Morgan fingerprint density at radius 3 is 2.16 bits per heavy atom. The van der Waals surface area contributed by atoms with Crippen molar-refractivity contribution in [2.45, 2.75) is 70.1 Å². The van der Waals surface area contributed by atoms with Gasteiger partial charge in [0.25, 0.3) is 5.91 Å². The van der Waals surface area contributed by atoms with Crippen LogP contribution in [0.5, 0.6) is 0 Å². The molecule has 2 saturated heterocycles. The predicted molar refractivity (Wildman–Crippen MR) is 174 cm³/mol. The summed E-state index contributed by atoms with van der Waals surface area (Å²) in [4.78, 5) is 44.8. The number of fused-ring (bicyclic) bond motifs is 3. The molecule has 2 bridgehead atoms. The maximum Gasteiger partial charge on any atom is 0.262 e. The van der Waals surface area contributed by atoms with Crippen LogP contribution in [0.3, 0.4) is 0 Å². The summed E-state index contributed by atoms with van der Waals surface area (Å²) in [6, 6.07) is 11.3. The Hall–Kier alpha value is -2.70. The number of nitrogens with zero attached hydrogens (tertiary/aromatic N) is 2. The number of hydrogen-bond acceptors (Lipinski definition) is 6. The van der Waals surface area contributed by atoms with E-state index in [0.29, 0.717) is 22.9 Å². The number of carbonyl (C=O) groups is 3. The highest BCUT2D eigenvalue weighted by molar-refractivity contribution is 7.89. The van der Waals surface area contributed by atoms with Gasteiger partial charge < -0.3 is 15.1 Å². The third-order valence-corrected chi connectivity index (χ3v) is 11.5. The van der Waals surface area contributed by atoms with E-state index >= 15 is 0 Å². The quantitative estimate of drug-likeness (QED) is 0.341. The predicted octanol–water partition coefficient (Wildman–Crippen LogP) is 5.17. The summed E-state index contributed by atoms with van der Waals surface area (Å²) in [5.74, 6) is -1.19. The van der Waals surface area contributed by atoms with Crippen molar-refractivity contribution in [1.29, 1.82) is 0 Å². The van der Waals surface area contributed by atoms with E-state index in [1.165, 1.54) is 29.5 Å². The second-order valence-electron chi connectivity index (χ2n) is 12.9. The molecule has 3 aromatic rings. The molecule has 2 aromatic carbocycles. The molecule has 1 unspecified atom stereocenters. The molecule has 44 heavy (non-hydrogen) atoms. The SMILES string of the molecule is CC(C)[C@H](NS(=O)(=O)c1ccc(Cl)cc1Cl)C(=O)N1C[C@@H]2C[C@H]1CN2C(=O)C(NC(=O)c1cc2ccccc2s1)C(C)(C)C. The minimum absolute atomic E-state index is 0.0396. The third kappa shape index (κ3) is 6.48. The van der Waals surface area contributed by atoms with Crippen LogP contribution in [0.15, 0.2) is 53.4 Å². The molecule has 2 aliphatic heterocycles. The molecule has 2 fully saturated rings. The first kappa shape index (κ1) is 32.7. The number of sulfonamides is 1. The van der Waals surface area contributed by atoms with Gasteiger partial charge in [-0.2, -0.15) is 4.72 Å². The van der Waals surface area contributed by atoms with Crippen molar-refractivity contribution in [3.63, 3.8) is 0 Å². The lowest BCUT2D eigenvalue weighted by Crippen LogP contribution is -2.61. The molecule has 0 spiro atoms. The molecule has 0 saturated carbocycles. The van der Waals surface area contributed by atoms with Gasteiger partial charge in [0.05, 0.1) is 22.0 Å². The van der Waals surface area contributed by atoms with Gasteiger partial charge in [0.1, 0.15) is 17.0 Å². The summed E-state index contributed by atoms with van der Waals surface area (Å²) in [6.07, 6.45) is 0.583. The van der Waals surface area contributed by atoms with Gasteiger partial charge in [0.15, 0.2) is 0 Å². The Kier molecular flexibility index (Phi) is 9.10. The van der Waals surface area contributed by atoms with Crippen molar-refractivity contribution in [2.75, 3.05) is 13.1 Å². The highest BCUT2D eigenvalue weighted by Crippen LogP contribution is 2.35. The van der Waals surface area contributed by atoms with Crippen LogP contribution in [0.4, 0.5) is 0 Å². The number of amides is 3. The smallest absolute Gasteiger partial charge is 0.262 e. The lowest BCUT2D eigenvalue weighted by molar-refractivity contribution is -0.143. The summed E-state index contributed by atoms with van der Waals surface area (Å²) in [5.41, 5.74) is -0.565. The molecule has 9 nitrogen and oxygen atoms in total. The standard InChI is InChI=1S/C31H36Cl2N4O5S2/c1-17(2)26(35-44(41,42)25-11-10-19(32)13-22(25)33)29(39)36-15-21-14-20(36)16-37(21)30(40)27(31(3,4)5)34-28(38)24-12-18-8-6-7-9-23(18)43-24/h6-13,17,20-21,26-27,35H,14-16H2,1-5H3,(H,34,38)/t20-,21-,26-,27?/m0/s1. The largest absolute Gasteiger partial charge is 0.339 e. The number of likely N-dealkylation sites (tertiary alicyclic amines) is 2. The number of halogens is 2. The maximum atomic E-state index is 13.9. The van der Waals surface area contributed by atoms with E-state index in [1.54, 1.807) is 23.6 Å². The lowest BCUT2D eigenvalue weighted by Gasteiger charge is -2.40. The minimum atomic E-state index is -4.13. The van der Waals surface area contributed by atoms with Crippen LogP contribution in [0.1, 0.15) is 50.7 Å². The molecule has 3 heterocycles. The van der Waals surface area contributed by atoms with Crippen molar-refractivity contribution in [3.8, 4) is 0 Å². The summed E-state index contributed by atoms with van der Waals surface area (Å²) in [7, 11) is -4.13. The van der Waals surface area contributed by atoms with Gasteiger partial charge in [0.2, 0.25) is 21.8 Å². The molecule has 13 heteroatoms. The normalized spacial score (nSPS) is 19.9. The average molecular weight is 680 g/mol. The van der Waals surface area contributed by atoms with Gasteiger partial charge in [0, 0.05) is 22.8 Å². The highest BCUT2D eigenvalue weighted by atomic mass is 35.5. The Morgan fingerprint density at radius 1 is 0.955 bits per heavy atom. The van der Waals surface area contributed by atoms with Crippen LogP contribution in [0, 0.1) is 11.3 Å². The van der Waals surface area contributed by atoms with Crippen LogP contribution in [0.2, 0.25) is 10.0 Å². The molecule has 0 radical (unpaired) electrons. The summed E-state index contributed by atoms with van der Waals surface area (Å²) in [6.45, 7) is 9.87. The van der Waals surface area contributed by atoms with E-state index in [0.717, 1.165) is 10.1 Å². The number of thiophene rings is 1. The van der Waals surface area contributed by atoms with Crippen LogP contribution >= 0.6 is 34.5 Å². The van der Waals surface area contributed by atoms with Gasteiger partial charge in [-0.3, -0.25) is 14.4 Å². The molecule has 4 atom stereocenters. The zero-order chi connectivity index (χ0) is 32.1. The Labute approximate surface area is 271 Å². The number of carbonyl (C=O) groups excluding carboxylic acids is 3. The van der Waals surface area contributed by atoms with Crippen molar-refractivity contribution in [2.24, 2.45) is 11.3 Å². The van der Waals surface area contributed by atoms with Crippen LogP contribution in [-0.2, 0) is 19.6 Å². The molecule has 0 aliphatic carbocycles. The van der Waals surface area contributed by atoms with E-state index in [1.807, 2.05) is 51.1 Å². The number of hydrogen-bond donors (Lipinski definition) is 2. The fourth-order valence-electron chi connectivity index (χ4n) is 5.89. The molecule has 236 valence electrons. The summed E-state index contributed by atoms with van der Waals surface area (Å²) in [5, 5.41) is 4.22. The zero-order valence-electron chi connectivity index (χ0n) is 25.1. The Morgan fingerprint density at radius 2 is 1.59 bits per heavy atom. The van der Waals surface area contributed by atoms with Crippen LogP contribution < -0.4 is 10.0 Å². The number of piperazine rings is 1. The second kappa shape index (κ2) is 12.2. The van der Waals surface area contributed by atoms with Gasteiger partial charge >= 0.3 is 0 Å². The summed E-state index contributed by atoms with van der Waals surface area (Å²) < 4.78 is 30.0. The van der Waals surface area contributed by atoms with Gasteiger partial charge in [-0.1, -0.05) is 76.0 Å². The molecule has 2 N–H and O–H groups in total. The number of rotatable bonds is 8. The van der Waals surface area contributed by atoms with Crippen molar-refractivity contribution in [3.05, 3.63) is 63.5 Å². The van der Waals surface area contributed by atoms with E-state index in [2.05, 4.69) is 10.0 Å². The van der Waals surface area contributed by atoms with E-state index in [9.17, 15) is 22.8 Å². The molecule has 2 aliphatic rings. The van der Waals surface area contributed by atoms with Gasteiger partial charge in [-0.05, 0) is 53.5 Å². The highest BCUT2D eigenvalue weighted by Gasteiger charge is 2.51. The first-order valence-electron chi connectivity index (χ1n) is 14.4. The molecule has 5 rings (SSSR count). The van der Waals surface area contributed by atoms with E-state index in [4.69, 9.17) is 23.2 Å². The topological polar surface area (TPSA) is 116 Å². The van der Waals surface area contributed by atoms with E-state index in [-0.39, 0.29) is 52.2 Å². The van der Waals surface area contributed by atoms with Crippen LogP contribution in [-0.4, -0.2) is 73.2 Å². The number of benzene rings is 2. The van der Waals surface area contributed by atoms with Gasteiger partial charge in [-0.25, -0.2) is 8.42 Å². The fraction of sp³-hybridized carbons (Fsp3) is 0.452. The van der Waals surface area contributed by atoms with Crippen molar-refractivity contribution < 1.29 is 22.8 Å². The first-order valence-corrected chi connectivity index (χ1v) is 17.5. The fourth-order valence-corrected chi connectivity index (χ4v) is 8.97.